The maximum atomic E-state index is 12.4. The molecular formula is C17H19N3O3. The number of hydrogen-bond donors (Lipinski definition) is 1. The van der Waals surface area contributed by atoms with Crippen LogP contribution in [0.3, 0.4) is 0 Å². The largest absolute Gasteiger partial charge is 0.481 e. The summed E-state index contributed by atoms with van der Waals surface area (Å²) in [5.41, 5.74) is 1.77. The molecule has 1 aliphatic heterocycles. The fourth-order valence-corrected chi connectivity index (χ4v) is 2.86. The molecule has 1 N–H and O–H groups in total. The zero-order valence-electron chi connectivity index (χ0n) is 12.8. The fourth-order valence-electron chi connectivity index (χ4n) is 2.86. The zero-order chi connectivity index (χ0) is 16.2. The Morgan fingerprint density at radius 1 is 1.26 bits per heavy atom. The summed E-state index contributed by atoms with van der Waals surface area (Å²) in [4.78, 5) is 25.1. The zero-order valence-corrected chi connectivity index (χ0v) is 12.8. The quantitative estimate of drug-likeness (QED) is 0.933. The second-order valence-corrected chi connectivity index (χ2v) is 5.82. The van der Waals surface area contributed by atoms with Crippen LogP contribution in [-0.2, 0) is 16.0 Å². The molecule has 0 saturated carbocycles. The molecule has 23 heavy (non-hydrogen) atoms. The van der Waals surface area contributed by atoms with Crippen LogP contribution in [0.2, 0.25) is 0 Å². The van der Waals surface area contributed by atoms with E-state index in [0.717, 1.165) is 17.7 Å². The summed E-state index contributed by atoms with van der Waals surface area (Å²) < 4.78 is 1.73. The maximum absolute atomic E-state index is 12.4. The Morgan fingerprint density at radius 3 is 2.78 bits per heavy atom. The number of amides is 1. The normalized spacial score (nSPS) is 17.9. The SMILES string of the molecule is O=C(O)[C@H]1CCCN(C(=O)Cc2cnn(-c3ccccc3)c2)C1. The van der Waals surface area contributed by atoms with E-state index in [4.69, 9.17) is 5.11 Å². The van der Waals surface area contributed by atoms with Gasteiger partial charge in [0.25, 0.3) is 0 Å². The fraction of sp³-hybridized carbons (Fsp3) is 0.353. The number of piperidine rings is 1. The van der Waals surface area contributed by atoms with E-state index in [1.54, 1.807) is 15.8 Å². The number of carbonyl (C=O) groups excluding carboxylic acids is 1. The minimum atomic E-state index is -0.820. The third-order valence-electron chi connectivity index (χ3n) is 4.14. The van der Waals surface area contributed by atoms with Crippen LogP contribution in [-0.4, -0.2) is 44.8 Å². The lowest BCUT2D eigenvalue weighted by atomic mass is 9.98. The number of hydrogen-bond acceptors (Lipinski definition) is 3. The molecule has 6 heteroatoms. The Bertz CT molecular complexity index is 696. The number of para-hydroxylation sites is 1. The molecule has 1 amide bonds. The van der Waals surface area contributed by atoms with Crippen molar-refractivity contribution < 1.29 is 14.7 Å². The maximum Gasteiger partial charge on any atom is 0.308 e. The summed E-state index contributed by atoms with van der Waals surface area (Å²) >= 11 is 0. The molecule has 3 rings (SSSR count). The topological polar surface area (TPSA) is 75.4 Å². The third-order valence-corrected chi connectivity index (χ3v) is 4.14. The number of carbonyl (C=O) groups is 2. The Kier molecular flexibility index (Phi) is 4.41. The van der Waals surface area contributed by atoms with Gasteiger partial charge in [-0.05, 0) is 30.5 Å². The van der Waals surface area contributed by atoms with E-state index in [-0.39, 0.29) is 12.3 Å². The number of carboxylic acid groups (broad SMARTS) is 1. The van der Waals surface area contributed by atoms with Crippen molar-refractivity contribution in [1.29, 1.82) is 0 Å². The van der Waals surface area contributed by atoms with Crippen LogP contribution in [0.15, 0.2) is 42.7 Å². The molecule has 1 atom stereocenters. The van der Waals surface area contributed by atoms with Crippen molar-refractivity contribution in [3.05, 3.63) is 48.3 Å². The molecule has 120 valence electrons. The second-order valence-electron chi connectivity index (χ2n) is 5.82. The highest BCUT2D eigenvalue weighted by Gasteiger charge is 2.28. The highest BCUT2D eigenvalue weighted by Crippen LogP contribution is 2.18. The van der Waals surface area contributed by atoms with Gasteiger partial charge in [0.05, 0.1) is 24.2 Å². The van der Waals surface area contributed by atoms with Crippen molar-refractivity contribution in [2.45, 2.75) is 19.3 Å². The minimum Gasteiger partial charge on any atom is -0.481 e. The highest BCUT2D eigenvalue weighted by molar-refractivity contribution is 5.80. The Balaban J connectivity index is 1.64. The summed E-state index contributed by atoms with van der Waals surface area (Å²) in [5, 5.41) is 13.4. The molecule has 6 nitrogen and oxygen atoms in total. The molecule has 0 aliphatic carbocycles. The van der Waals surface area contributed by atoms with Gasteiger partial charge in [-0.3, -0.25) is 9.59 Å². The van der Waals surface area contributed by atoms with Crippen LogP contribution in [0.4, 0.5) is 0 Å². The van der Waals surface area contributed by atoms with Crippen LogP contribution < -0.4 is 0 Å². The van der Waals surface area contributed by atoms with Crippen molar-refractivity contribution in [1.82, 2.24) is 14.7 Å². The highest BCUT2D eigenvalue weighted by atomic mass is 16.4. The van der Waals surface area contributed by atoms with Crippen molar-refractivity contribution >= 4 is 11.9 Å². The lowest BCUT2D eigenvalue weighted by Crippen LogP contribution is -2.42. The van der Waals surface area contributed by atoms with Crippen LogP contribution in [0.5, 0.6) is 0 Å². The molecule has 1 saturated heterocycles. The molecule has 1 aromatic carbocycles. The van der Waals surface area contributed by atoms with E-state index >= 15 is 0 Å². The van der Waals surface area contributed by atoms with Crippen molar-refractivity contribution in [2.24, 2.45) is 5.92 Å². The number of benzene rings is 1. The number of likely N-dealkylation sites (tertiary alicyclic amines) is 1. The summed E-state index contributed by atoms with van der Waals surface area (Å²) in [6.07, 6.45) is 5.16. The van der Waals surface area contributed by atoms with E-state index in [0.29, 0.717) is 19.5 Å². The van der Waals surface area contributed by atoms with Gasteiger partial charge < -0.3 is 10.0 Å². The van der Waals surface area contributed by atoms with Crippen molar-refractivity contribution in [3.8, 4) is 5.69 Å². The average molecular weight is 313 g/mol. The molecule has 0 unspecified atom stereocenters. The number of rotatable bonds is 4. The van der Waals surface area contributed by atoms with Gasteiger partial charge in [0.2, 0.25) is 5.91 Å². The lowest BCUT2D eigenvalue weighted by molar-refractivity contribution is -0.145. The standard InChI is InChI=1S/C17H19N3O3/c21-16(19-8-4-5-14(12-19)17(22)23)9-13-10-18-20(11-13)15-6-2-1-3-7-15/h1-3,6-7,10-11,14H,4-5,8-9,12H2,(H,22,23)/t14-/m0/s1. The Hall–Kier alpha value is -2.63. The van der Waals surface area contributed by atoms with E-state index in [1.807, 2.05) is 36.5 Å². The van der Waals surface area contributed by atoms with Crippen LogP contribution in [0, 0.1) is 5.92 Å². The summed E-state index contributed by atoms with van der Waals surface area (Å²) in [5.74, 6) is -1.30. The molecule has 2 heterocycles. The smallest absolute Gasteiger partial charge is 0.308 e. The molecular weight excluding hydrogens is 294 g/mol. The van der Waals surface area contributed by atoms with Gasteiger partial charge in [-0.25, -0.2) is 4.68 Å². The predicted molar refractivity (Wildman–Crippen MR) is 84.2 cm³/mol. The van der Waals surface area contributed by atoms with Crippen LogP contribution >= 0.6 is 0 Å². The van der Waals surface area contributed by atoms with E-state index in [1.165, 1.54) is 0 Å². The number of carboxylic acids is 1. The Morgan fingerprint density at radius 2 is 2.04 bits per heavy atom. The third kappa shape index (κ3) is 3.59. The number of aromatic nitrogens is 2. The lowest BCUT2D eigenvalue weighted by Gasteiger charge is -2.30. The average Bonchev–Trinajstić information content (AvgIpc) is 3.04. The number of aliphatic carboxylic acids is 1. The van der Waals surface area contributed by atoms with Gasteiger partial charge in [0.1, 0.15) is 0 Å². The first kappa shape index (κ1) is 15.3. The van der Waals surface area contributed by atoms with E-state index in [2.05, 4.69) is 5.10 Å². The monoisotopic (exact) mass is 313 g/mol. The second kappa shape index (κ2) is 6.64. The predicted octanol–water partition coefficient (Wildman–Crippen LogP) is 1.74. The van der Waals surface area contributed by atoms with Gasteiger partial charge in [-0.2, -0.15) is 5.10 Å². The van der Waals surface area contributed by atoms with Gasteiger partial charge in [0, 0.05) is 19.3 Å². The van der Waals surface area contributed by atoms with Crippen LogP contribution in [0.1, 0.15) is 18.4 Å². The first-order chi connectivity index (χ1) is 11.1. The molecule has 2 aromatic rings. The minimum absolute atomic E-state index is 0.0384. The molecule has 1 aliphatic rings. The molecule has 0 radical (unpaired) electrons. The summed E-state index contributed by atoms with van der Waals surface area (Å²) in [6, 6.07) is 9.69. The molecule has 0 bridgehead atoms. The van der Waals surface area contributed by atoms with Crippen LogP contribution in [0.25, 0.3) is 5.69 Å². The van der Waals surface area contributed by atoms with Gasteiger partial charge in [-0.1, -0.05) is 18.2 Å². The first-order valence-corrected chi connectivity index (χ1v) is 7.73. The van der Waals surface area contributed by atoms with Crippen molar-refractivity contribution in [2.75, 3.05) is 13.1 Å². The molecule has 1 fully saturated rings. The first-order valence-electron chi connectivity index (χ1n) is 7.73. The van der Waals surface area contributed by atoms with Crippen molar-refractivity contribution in [3.63, 3.8) is 0 Å². The molecule has 1 aromatic heterocycles. The van der Waals surface area contributed by atoms with Gasteiger partial charge >= 0.3 is 5.97 Å². The van der Waals surface area contributed by atoms with Gasteiger partial charge in [-0.15, -0.1) is 0 Å². The summed E-state index contributed by atoms with van der Waals surface area (Å²) in [6.45, 7) is 0.941. The summed E-state index contributed by atoms with van der Waals surface area (Å²) in [7, 11) is 0. The number of nitrogens with zero attached hydrogens (tertiary/aromatic N) is 3. The van der Waals surface area contributed by atoms with Gasteiger partial charge in [0.15, 0.2) is 0 Å². The van der Waals surface area contributed by atoms with E-state index < -0.39 is 11.9 Å². The molecule has 0 spiro atoms. The van der Waals surface area contributed by atoms with E-state index in [9.17, 15) is 9.59 Å². The Labute approximate surface area is 134 Å².